The van der Waals surface area contributed by atoms with Crippen LogP contribution in [0, 0.1) is 5.92 Å². The Morgan fingerprint density at radius 1 is 1.21 bits per heavy atom. The Morgan fingerprint density at radius 2 is 1.93 bits per heavy atom. The van der Waals surface area contributed by atoms with Crippen molar-refractivity contribution in [1.29, 1.82) is 0 Å². The van der Waals surface area contributed by atoms with Crippen LogP contribution in [0.2, 0.25) is 0 Å². The summed E-state index contributed by atoms with van der Waals surface area (Å²) in [6.07, 6.45) is 1.54. The fourth-order valence-electron chi connectivity index (χ4n) is 2.97. The van der Waals surface area contributed by atoms with Crippen LogP contribution in [0.4, 0.5) is 4.79 Å². The van der Waals surface area contributed by atoms with Gasteiger partial charge in [-0.1, -0.05) is 13.8 Å². The van der Waals surface area contributed by atoms with Gasteiger partial charge >= 0.3 is 6.09 Å². The number of nitrogens with zero attached hydrogens (tertiary/aromatic N) is 2. The van der Waals surface area contributed by atoms with Gasteiger partial charge in [0.1, 0.15) is 0 Å². The number of hydrogen-bond donors (Lipinski definition) is 3. The number of guanidine groups is 1. The summed E-state index contributed by atoms with van der Waals surface area (Å²) < 4.78 is 10.4. The lowest BCUT2D eigenvalue weighted by Gasteiger charge is -2.26. The first-order valence-electron chi connectivity index (χ1n) is 10.3. The van der Waals surface area contributed by atoms with Gasteiger partial charge in [-0.05, 0) is 39.2 Å². The molecule has 0 aromatic rings. The van der Waals surface area contributed by atoms with E-state index in [4.69, 9.17) is 9.47 Å². The lowest BCUT2D eigenvalue weighted by molar-refractivity contribution is 0.0376. The summed E-state index contributed by atoms with van der Waals surface area (Å²) in [4.78, 5) is 18.8. The molecule has 0 bridgehead atoms. The van der Waals surface area contributed by atoms with Gasteiger partial charge in [0.15, 0.2) is 5.96 Å². The van der Waals surface area contributed by atoms with Crippen LogP contribution in [0.25, 0.3) is 0 Å². The molecule has 1 heterocycles. The molecule has 9 heteroatoms. The second-order valence-electron chi connectivity index (χ2n) is 7.15. The highest BCUT2D eigenvalue weighted by molar-refractivity contribution is 14.0. The minimum Gasteiger partial charge on any atom is -0.450 e. The number of carbonyl (C=O) groups excluding carboxylic acids is 1. The van der Waals surface area contributed by atoms with E-state index >= 15 is 0 Å². The Hall–Kier alpha value is -0.810. The van der Waals surface area contributed by atoms with Crippen LogP contribution in [-0.4, -0.2) is 82.1 Å². The largest absolute Gasteiger partial charge is 0.450 e. The van der Waals surface area contributed by atoms with Crippen molar-refractivity contribution in [3.63, 3.8) is 0 Å². The van der Waals surface area contributed by atoms with Gasteiger partial charge in [0.05, 0.1) is 32.4 Å². The molecule has 28 heavy (non-hydrogen) atoms. The van der Waals surface area contributed by atoms with Gasteiger partial charge in [0.25, 0.3) is 0 Å². The van der Waals surface area contributed by atoms with Gasteiger partial charge < -0.3 is 25.4 Å². The summed E-state index contributed by atoms with van der Waals surface area (Å²) in [5.41, 5.74) is 0. The molecular formula is C19H40IN5O3. The summed E-state index contributed by atoms with van der Waals surface area (Å²) >= 11 is 0. The second kappa shape index (κ2) is 17.1. The Balaban J connectivity index is 0.00000729. The first-order chi connectivity index (χ1) is 13.0. The monoisotopic (exact) mass is 513 g/mol. The molecule has 1 amide bonds. The number of halogens is 1. The lowest BCUT2D eigenvalue weighted by Crippen LogP contribution is -2.42. The quantitative estimate of drug-likeness (QED) is 0.170. The number of aliphatic imine (C=N–C) groups is 1. The van der Waals surface area contributed by atoms with Gasteiger partial charge in [-0.2, -0.15) is 0 Å². The normalized spacial score (nSPS) is 16.2. The van der Waals surface area contributed by atoms with Gasteiger partial charge in [-0.15, -0.1) is 24.0 Å². The zero-order valence-electron chi connectivity index (χ0n) is 18.0. The Morgan fingerprint density at radius 3 is 2.54 bits per heavy atom. The van der Waals surface area contributed by atoms with E-state index in [0.717, 1.165) is 64.7 Å². The molecule has 0 spiro atoms. The molecule has 1 rings (SSSR count). The van der Waals surface area contributed by atoms with E-state index in [1.165, 1.54) is 0 Å². The summed E-state index contributed by atoms with van der Waals surface area (Å²) in [5, 5.41) is 9.57. The van der Waals surface area contributed by atoms with Gasteiger partial charge in [0.2, 0.25) is 0 Å². The molecule has 0 aliphatic carbocycles. The number of ether oxygens (including phenoxy) is 2. The van der Waals surface area contributed by atoms with Crippen LogP contribution in [-0.2, 0) is 9.47 Å². The Labute approximate surface area is 187 Å². The number of alkyl carbamates (subject to hydrolysis) is 1. The maximum absolute atomic E-state index is 11.7. The highest BCUT2D eigenvalue weighted by Gasteiger charge is 2.15. The third kappa shape index (κ3) is 13.4. The molecule has 0 saturated carbocycles. The average molecular weight is 513 g/mol. The van der Waals surface area contributed by atoms with E-state index in [-0.39, 0.29) is 36.1 Å². The maximum Gasteiger partial charge on any atom is 0.407 e. The number of amides is 1. The van der Waals surface area contributed by atoms with E-state index in [0.29, 0.717) is 19.1 Å². The first kappa shape index (κ1) is 27.2. The van der Waals surface area contributed by atoms with Gasteiger partial charge in [-0.3, -0.25) is 9.89 Å². The number of morpholine rings is 1. The molecule has 1 saturated heterocycles. The van der Waals surface area contributed by atoms with Crippen molar-refractivity contribution in [1.82, 2.24) is 20.9 Å². The number of carbonyl (C=O) groups is 1. The molecule has 1 aliphatic rings. The summed E-state index contributed by atoms with van der Waals surface area (Å²) in [6, 6.07) is -0.0344. The van der Waals surface area contributed by atoms with Gasteiger partial charge in [0, 0.05) is 26.2 Å². The summed E-state index contributed by atoms with van der Waals surface area (Å²) in [6.45, 7) is 15.5. The first-order valence-corrected chi connectivity index (χ1v) is 10.3. The topological polar surface area (TPSA) is 87.2 Å². The molecule has 1 fully saturated rings. The van der Waals surface area contributed by atoms with Crippen LogP contribution >= 0.6 is 24.0 Å². The molecule has 1 unspecified atom stereocenters. The summed E-state index contributed by atoms with van der Waals surface area (Å²) in [5.74, 6) is 1.26. The molecule has 8 nitrogen and oxygen atoms in total. The minimum atomic E-state index is -0.373. The lowest BCUT2D eigenvalue weighted by atomic mass is 10.0. The van der Waals surface area contributed by atoms with Crippen LogP contribution in [0.15, 0.2) is 4.99 Å². The van der Waals surface area contributed by atoms with Crippen LogP contribution in [0.3, 0.4) is 0 Å². The Bertz CT molecular complexity index is 432. The molecule has 3 N–H and O–H groups in total. The van der Waals surface area contributed by atoms with Crippen LogP contribution in [0.1, 0.15) is 40.5 Å². The second-order valence-corrected chi connectivity index (χ2v) is 7.15. The third-order valence-electron chi connectivity index (χ3n) is 4.21. The smallest absolute Gasteiger partial charge is 0.407 e. The predicted molar refractivity (Wildman–Crippen MR) is 125 cm³/mol. The number of rotatable bonds is 11. The SMILES string of the molecule is CCNC(=NCC(CC(C)C)NC(=O)OCC)NCCCN1CCOCC1.I. The average Bonchev–Trinajstić information content (AvgIpc) is 2.63. The van der Waals surface area contributed by atoms with E-state index in [1.54, 1.807) is 6.92 Å². The minimum absolute atomic E-state index is 0. The molecule has 1 aliphatic heterocycles. The summed E-state index contributed by atoms with van der Waals surface area (Å²) in [7, 11) is 0. The van der Waals surface area contributed by atoms with Crippen LogP contribution < -0.4 is 16.0 Å². The van der Waals surface area contributed by atoms with Crippen molar-refractivity contribution >= 4 is 36.0 Å². The van der Waals surface area contributed by atoms with E-state index < -0.39 is 0 Å². The molecule has 166 valence electrons. The highest BCUT2D eigenvalue weighted by Crippen LogP contribution is 2.05. The van der Waals surface area contributed by atoms with E-state index in [1.807, 2.05) is 6.92 Å². The van der Waals surface area contributed by atoms with E-state index in [2.05, 4.69) is 39.7 Å². The zero-order chi connectivity index (χ0) is 19.9. The molecule has 1 atom stereocenters. The molecule has 0 aromatic carbocycles. The third-order valence-corrected chi connectivity index (χ3v) is 4.21. The molecule has 0 aromatic heterocycles. The standard InChI is InChI=1S/C19H39N5O3.HI/c1-5-20-18(21-8-7-9-24-10-12-26-13-11-24)22-15-17(14-16(3)4)23-19(25)27-6-2;/h16-17H,5-15H2,1-4H3,(H,23,25)(H2,20,21,22);1H. The van der Waals surface area contributed by atoms with Crippen molar-refractivity contribution in [2.75, 3.05) is 59.1 Å². The van der Waals surface area contributed by atoms with Crippen molar-refractivity contribution in [3.05, 3.63) is 0 Å². The fourth-order valence-corrected chi connectivity index (χ4v) is 2.97. The molecule has 0 radical (unpaired) electrons. The predicted octanol–water partition coefficient (Wildman–Crippen LogP) is 2.04. The van der Waals surface area contributed by atoms with Crippen molar-refractivity contribution in [3.8, 4) is 0 Å². The van der Waals surface area contributed by atoms with Crippen LogP contribution in [0.5, 0.6) is 0 Å². The fraction of sp³-hybridized carbons (Fsp3) is 0.895. The number of nitrogens with one attached hydrogen (secondary N) is 3. The van der Waals surface area contributed by atoms with Crippen molar-refractivity contribution in [2.45, 2.75) is 46.6 Å². The molecular weight excluding hydrogens is 473 g/mol. The highest BCUT2D eigenvalue weighted by atomic mass is 127. The number of hydrogen-bond acceptors (Lipinski definition) is 5. The Kier molecular flexibility index (Phi) is 16.6. The van der Waals surface area contributed by atoms with Gasteiger partial charge in [-0.25, -0.2) is 4.79 Å². The maximum atomic E-state index is 11.7. The van der Waals surface area contributed by atoms with Crippen molar-refractivity contribution in [2.24, 2.45) is 10.9 Å². The van der Waals surface area contributed by atoms with E-state index in [9.17, 15) is 4.79 Å². The zero-order valence-corrected chi connectivity index (χ0v) is 20.3. The van der Waals surface area contributed by atoms with Crippen molar-refractivity contribution < 1.29 is 14.3 Å².